The number of fused-ring (bicyclic) bond motifs is 2. The van der Waals surface area contributed by atoms with E-state index in [0.29, 0.717) is 0 Å². The molecule has 2 heteroatoms. The molecule has 96 valence electrons. The molecule has 19 heavy (non-hydrogen) atoms. The summed E-state index contributed by atoms with van der Waals surface area (Å²) in [6.45, 7) is 0.765. The molecule has 2 aromatic rings. The van der Waals surface area contributed by atoms with Gasteiger partial charge in [0.25, 0.3) is 0 Å². The third-order valence-corrected chi connectivity index (χ3v) is 4.33. The van der Waals surface area contributed by atoms with Crippen LogP contribution in [0.15, 0.2) is 42.5 Å². The lowest BCUT2D eigenvalue weighted by Crippen LogP contribution is -2.23. The fraction of sp³-hybridized carbons (Fsp3) is 0.294. The van der Waals surface area contributed by atoms with Crippen molar-refractivity contribution in [3.63, 3.8) is 0 Å². The van der Waals surface area contributed by atoms with Crippen LogP contribution in [0.5, 0.6) is 5.75 Å². The molecule has 2 aromatic carbocycles. The molecule has 2 unspecified atom stereocenters. The lowest BCUT2D eigenvalue weighted by molar-refractivity contribution is 0.134. The zero-order chi connectivity index (χ0) is 12.8. The predicted octanol–water partition coefficient (Wildman–Crippen LogP) is 2.99. The summed E-state index contributed by atoms with van der Waals surface area (Å²) in [5, 5.41) is 10.6. The molecule has 0 amide bonds. The Morgan fingerprint density at radius 3 is 2.89 bits per heavy atom. The first-order valence-corrected chi connectivity index (χ1v) is 6.84. The van der Waals surface area contributed by atoms with Crippen LogP contribution < -0.4 is 4.74 Å². The number of hydrogen-bond acceptors (Lipinski definition) is 2. The van der Waals surface area contributed by atoms with Crippen LogP contribution in [-0.4, -0.2) is 11.7 Å². The highest BCUT2D eigenvalue weighted by atomic mass is 16.5. The van der Waals surface area contributed by atoms with Crippen LogP contribution in [0.1, 0.15) is 34.3 Å². The van der Waals surface area contributed by atoms with Gasteiger partial charge < -0.3 is 9.84 Å². The Bertz CT molecular complexity index is 633. The molecule has 0 spiro atoms. The van der Waals surface area contributed by atoms with E-state index in [1.54, 1.807) is 0 Å². The average Bonchev–Trinajstić information content (AvgIpc) is 2.87. The highest BCUT2D eigenvalue weighted by molar-refractivity contribution is 5.45. The topological polar surface area (TPSA) is 29.5 Å². The number of aliphatic hydroxyl groups excluding tert-OH is 1. The number of ether oxygens (including phenoxy) is 1. The Morgan fingerprint density at radius 2 is 2.00 bits per heavy atom. The van der Waals surface area contributed by atoms with Crippen molar-refractivity contribution in [1.29, 1.82) is 0 Å². The van der Waals surface area contributed by atoms with Crippen LogP contribution in [0.25, 0.3) is 0 Å². The van der Waals surface area contributed by atoms with Gasteiger partial charge in [-0.25, -0.2) is 0 Å². The van der Waals surface area contributed by atoms with Gasteiger partial charge in [-0.3, -0.25) is 0 Å². The molecule has 2 aliphatic rings. The number of hydrogen-bond donors (Lipinski definition) is 1. The smallest absolute Gasteiger partial charge is 0.122 e. The SMILES string of the molecule is OC(c1ccc2c(c1)CCO2)C1Cc2ccccc21. The van der Waals surface area contributed by atoms with Crippen LogP contribution in [0.4, 0.5) is 0 Å². The number of aliphatic hydroxyl groups is 1. The van der Waals surface area contributed by atoms with Crippen molar-refractivity contribution in [2.75, 3.05) is 6.61 Å². The molecule has 0 radical (unpaired) electrons. The Kier molecular flexibility index (Phi) is 2.39. The van der Waals surface area contributed by atoms with Crippen molar-refractivity contribution in [2.45, 2.75) is 24.9 Å². The zero-order valence-corrected chi connectivity index (χ0v) is 10.7. The van der Waals surface area contributed by atoms with Gasteiger partial charge in [-0.15, -0.1) is 0 Å². The van der Waals surface area contributed by atoms with E-state index >= 15 is 0 Å². The van der Waals surface area contributed by atoms with Gasteiger partial charge in [0.05, 0.1) is 12.7 Å². The van der Waals surface area contributed by atoms with Crippen molar-refractivity contribution in [2.24, 2.45) is 0 Å². The van der Waals surface area contributed by atoms with Gasteiger partial charge in [-0.1, -0.05) is 30.3 Å². The van der Waals surface area contributed by atoms with E-state index in [2.05, 4.69) is 24.3 Å². The summed E-state index contributed by atoms with van der Waals surface area (Å²) in [6, 6.07) is 14.5. The Labute approximate surface area is 112 Å². The molecule has 4 rings (SSSR count). The van der Waals surface area contributed by atoms with Gasteiger partial charge in [0, 0.05) is 12.3 Å². The van der Waals surface area contributed by atoms with Crippen molar-refractivity contribution >= 4 is 0 Å². The first kappa shape index (κ1) is 11.1. The molecule has 2 nitrogen and oxygen atoms in total. The normalized spacial score (nSPS) is 21.0. The van der Waals surface area contributed by atoms with Crippen LogP contribution in [0, 0.1) is 0 Å². The quantitative estimate of drug-likeness (QED) is 0.890. The van der Waals surface area contributed by atoms with Gasteiger partial charge in [-0.2, -0.15) is 0 Å². The second kappa shape index (κ2) is 4.10. The molecule has 1 aliphatic carbocycles. The monoisotopic (exact) mass is 252 g/mol. The molecule has 0 saturated heterocycles. The molecule has 1 heterocycles. The van der Waals surface area contributed by atoms with Crippen molar-refractivity contribution in [3.8, 4) is 5.75 Å². The van der Waals surface area contributed by atoms with E-state index in [9.17, 15) is 5.11 Å². The second-order valence-corrected chi connectivity index (χ2v) is 5.42. The Balaban J connectivity index is 1.64. The molecule has 1 aliphatic heterocycles. The van der Waals surface area contributed by atoms with Gasteiger partial charge in [0.15, 0.2) is 0 Å². The molecule has 0 bridgehead atoms. The van der Waals surface area contributed by atoms with E-state index in [1.165, 1.54) is 16.7 Å². The minimum atomic E-state index is -0.402. The maximum absolute atomic E-state index is 10.6. The summed E-state index contributed by atoms with van der Waals surface area (Å²) in [5.74, 6) is 1.22. The van der Waals surface area contributed by atoms with E-state index in [1.807, 2.05) is 18.2 Å². The van der Waals surface area contributed by atoms with Gasteiger partial charge in [0.1, 0.15) is 5.75 Å². The maximum Gasteiger partial charge on any atom is 0.122 e. The maximum atomic E-state index is 10.6. The summed E-state index contributed by atoms with van der Waals surface area (Å²) < 4.78 is 5.51. The lowest BCUT2D eigenvalue weighted by Gasteiger charge is -2.34. The summed E-state index contributed by atoms with van der Waals surface area (Å²) in [4.78, 5) is 0. The lowest BCUT2D eigenvalue weighted by atomic mass is 9.73. The van der Waals surface area contributed by atoms with Gasteiger partial charge >= 0.3 is 0 Å². The zero-order valence-electron chi connectivity index (χ0n) is 10.7. The highest BCUT2D eigenvalue weighted by Crippen LogP contribution is 2.44. The number of rotatable bonds is 2. The van der Waals surface area contributed by atoms with E-state index < -0.39 is 6.10 Å². The third kappa shape index (κ3) is 1.67. The molecule has 2 atom stereocenters. The Morgan fingerprint density at radius 1 is 1.11 bits per heavy atom. The fourth-order valence-electron chi connectivity index (χ4n) is 3.20. The molecular weight excluding hydrogens is 236 g/mol. The highest BCUT2D eigenvalue weighted by Gasteiger charge is 2.32. The fourth-order valence-corrected chi connectivity index (χ4v) is 3.20. The number of benzene rings is 2. The van der Waals surface area contributed by atoms with Crippen LogP contribution in [0.3, 0.4) is 0 Å². The second-order valence-electron chi connectivity index (χ2n) is 5.42. The molecular formula is C17H16O2. The summed E-state index contributed by atoms with van der Waals surface area (Å²) in [5.41, 5.74) is 4.91. The summed E-state index contributed by atoms with van der Waals surface area (Å²) in [6.07, 6.45) is 1.53. The standard InChI is InChI=1S/C17H16O2/c18-17(15-10-11-3-1-2-4-14(11)15)13-5-6-16-12(9-13)7-8-19-16/h1-6,9,15,17-18H,7-8,10H2. The van der Waals surface area contributed by atoms with Crippen molar-refractivity contribution in [1.82, 2.24) is 0 Å². The molecule has 1 N–H and O–H groups in total. The minimum Gasteiger partial charge on any atom is -0.493 e. The van der Waals surface area contributed by atoms with Crippen molar-refractivity contribution < 1.29 is 9.84 Å². The van der Waals surface area contributed by atoms with Crippen LogP contribution in [-0.2, 0) is 12.8 Å². The first-order chi connectivity index (χ1) is 9.33. The van der Waals surface area contributed by atoms with E-state index in [-0.39, 0.29) is 5.92 Å². The largest absolute Gasteiger partial charge is 0.493 e. The van der Waals surface area contributed by atoms with Crippen LogP contribution in [0.2, 0.25) is 0 Å². The minimum absolute atomic E-state index is 0.247. The van der Waals surface area contributed by atoms with Gasteiger partial charge in [-0.05, 0) is 40.8 Å². The van der Waals surface area contributed by atoms with Crippen LogP contribution >= 0.6 is 0 Å². The predicted molar refractivity (Wildman–Crippen MR) is 73.5 cm³/mol. The Hall–Kier alpha value is -1.80. The van der Waals surface area contributed by atoms with Crippen molar-refractivity contribution in [3.05, 3.63) is 64.7 Å². The van der Waals surface area contributed by atoms with E-state index in [4.69, 9.17) is 4.74 Å². The first-order valence-electron chi connectivity index (χ1n) is 6.84. The van der Waals surface area contributed by atoms with E-state index in [0.717, 1.165) is 30.8 Å². The molecule has 0 fully saturated rings. The van der Waals surface area contributed by atoms with Gasteiger partial charge in [0.2, 0.25) is 0 Å². The molecule has 0 aromatic heterocycles. The summed E-state index contributed by atoms with van der Waals surface area (Å²) >= 11 is 0. The molecule has 0 saturated carbocycles. The average molecular weight is 252 g/mol. The summed E-state index contributed by atoms with van der Waals surface area (Å²) in [7, 11) is 0. The third-order valence-electron chi connectivity index (χ3n) is 4.33.